The molecule has 8 aromatic carbocycles. The first-order chi connectivity index (χ1) is 57.1. The summed E-state index contributed by atoms with van der Waals surface area (Å²) in [6.45, 7) is 0. The molecule has 0 saturated carbocycles. The summed E-state index contributed by atoms with van der Waals surface area (Å²) in [5.74, 6) is 1.09. The lowest BCUT2D eigenvalue weighted by atomic mass is 9.91. The van der Waals surface area contributed by atoms with Crippen LogP contribution in [0.15, 0.2) is 239 Å². The lowest BCUT2D eigenvalue weighted by Crippen LogP contribution is -2.33. The van der Waals surface area contributed by atoms with E-state index in [1.54, 1.807) is 48.5 Å². The molecule has 13 N–H and O–H groups in total. The summed E-state index contributed by atoms with van der Waals surface area (Å²) >= 11 is 0. The van der Waals surface area contributed by atoms with Gasteiger partial charge in [-0.3, -0.25) is 33.6 Å². The largest absolute Gasteiger partial charge is 0.481 e. The zero-order chi connectivity index (χ0) is 88.2. The molecule has 0 bridgehead atoms. The summed E-state index contributed by atoms with van der Waals surface area (Å²) in [5, 5.41) is 81.3. The molecule has 628 valence electrons. The summed E-state index contributed by atoms with van der Waals surface area (Å²) in [4.78, 5) is 81.0. The lowest BCUT2D eigenvalue weighted by molar-refractivity contribution is -0.166. The number of ketones is 2. The van der Waals surface area contributed by atoms with Gasteiger partial charge >= 0.3 is 35.6 Å². The van der Waals surface area contributed by atoms with Gasteiger partial charge in [-0.25, -0.2) is 0 Å². The number of benzene rings is 8. The van der Waals surface area contributed by atoms with Gasteiger partial charge in [0.2, 0.25) is 17.7 Å². The van der Waals surface area contributed by atoms with Gasteiger partial charge in [-0.05, 0) is 110 Å². The van der Waals surface area contributed by atoms with E-state index < -0.39 is 113 Å². The summed E-state index contributed by atoms with van der Waals surface area (Å²) < 4.78 is 77.4. The highest BCUT2D eigenvalue weighted by atomic mass is 19.4. The number of carboxylic acid groups (broad SMARTS) is 2. The molecular formula is C93H95F6N7O14. The minimum absolute atomic E-state index is 0.00101. The number of carbonyl (C=O) groups is 7. The van der Waals surface area contributed by atoms with E-state index in [0.29, 0.717) is 97.6 Å². The molecule has 27 heteroatoms. The molecule has 120 heavy (non-hydrogen) atoms. The van der Waals surface area contributed by atoms with Crippen LogP contribution < -0.4 is 17.2 Å². The number of aliphatic carboxylic acids is 2. The molecule has 21 nitrogen and oxygen atoms in total. The van der Waals surface area contributed by atoms with Gasteiger partial charge in [-0.1, -0.05) is 218 Å². The third-order valence-electron chi connectivity index (χ3n) is 20.1. The lowest BCUT2D eigenvalue weighted by Gasteiger charge is -2.19. The summed E-state index contributed by atoms with van der Waals surface area (Å²) in [6.07, 6.45) is 12.2. The molecule has 4 unspecified atom stereocenters. The number of halogens is 6. The van der Waals surface area contributed by atoms with Crippen LogP contribution in [-0.2, 0) is 73.8 Å². The minimum atomic E-state index is -4.56. The number of alkyl halides is 6. The molecule has 10 rings (SSSR count). The molecule has 0 saturated heterocycles. The fourth-order valence-corrected chi connectivity index (χ4v) is 12.7. The second kappa shape index (κ2) is 47.0. The Bertz CT molecular complexity index is 4610. The van der Waals surface area contributed by atoms with Crippen molar-refractivity contribution in [3.63, 3.8) is 0 Å². The van der Waals surface area contributed by atoms with E-state index in [0.717, 1.165) is 22.3 Å². The molecule has 0 spiro atoms. The van der Waals surface area contributed by atoms with Crippen molar-refractivity contribution < 1.29 is 95.6 Å². The highest BCUT2D eigenvalue weighted by Crippen LogP contribution is 2.53. The predicted molar refractivity (Wildman–Crippen MR) is 438 cm³/mol. The Morgan fingerprint density at radius 3 is 0.750 bits per heavy atom. The van der Waals surface area contributed by atoms with Gasteiger partial charge in [0, 0.05) is 59.1 Å². The van der Waals surface area contributed by atoms with Gasteiger partial charge in [0.25, 0.3) is 0 Å². The number of carboxylic acids is 2. The monoisotopic (exact) mass is 1650 g/mol. The number of terminal acetylenes is 4. The van der Waals surface area contributed by atoms with Crippen LogP contribution in [0.1, 0.15) is 141 Å². The predicted octanol–water partition coefficient (Wildman–Crippen LogP) is 13.2. The van der Waals surface area contributed by atoms with Gasteiger partial charge in [0.05, 0.1) is 60.1 Å². The third-order valence-corrected chi connectivity index (χ3v) is 20.1. The van der Waals surface area contributed by atoms with Crippen molar-refractivity contribution in [2.24, 2.45) is 67.2 Å². The molecule has 0 fully saturated rings. The number of nitrogens with zero attached hydrogens (tertiary/aromatic N) is 4. The first-order valence-electron chi connectivity index (χ1n) is 38.3. The standard InChI is InChI=1S/C21H21NO3.C21H20O4.C19H22O3.2C16H16F3N3O2/c1-2-6-18(21(22)25)19(23)14-11-15-9-12-17(13-10-15)20(24)16-7-4-3-5-8-16;1-2-6-18(21(24)25)19(22)14-11-15-9-12-17(13-10-15)20(23)16-7-4-3-5-8-16;20-18(14-12-16-9-5-2-6-10-16)17(19(21)22)13-11-15-7-3-1-4-8-15;2*1-2-3-12(14(20)24)13(23)9-6-10-4-7-11(8-5-10)15(21-22-15)16(17,18)19/h1,3-5,7-10,12-13,18-19,23H,6,11,14H2,(H2,22,25);1,3-5,7-10,12-13,18-19,22H,6,11,14H2,(H,24,25);1-10,17-18,20H,11-14H2,(H,21,22);2*1,4-5,7-8,12-13,23H,3,6,9H2,(H2,20,24)/t;;17-,18-;12-,13+;12-,13-/m..111/s1. The van der Waals surface area contributed by atoms with Crippen molar-refractivity contribution in [1.82, 2.24) is 0 Å². The van der Waals surface area contributed by atoms with Crippen molar-refractivity contribution >= 4 is 41.2 Å². The Labute approximate surface area is 692 Å². The first kappa shape index (κ1) is 96.1. The fraction of sp³-hybridized carbons (Fsp3) is 0.323. The van der Waals surface area contributed by atoms with E-state index in [1.807, 2.05) is 121 Å². The average Bonchev–Trinajstić information content (AvgIpc) is 1.59. The van der Waals surface area contributed by atoms with E-state index in [1.165, 1.54) is 48.5 Å². The van der Waals surface area contributed by atoms with Crippen LogP contribution in [0.2, 0.25) is 0 Å². The maximum atomic E-state index is 12.9. The molecular weight excluding hydrogens is 1550 g/mol. The van der Waals surface area contributed by atoms with Crippen LogP contribution in [0.5, 0.6) is 0 Å². The van der Waals surface area contributed by atoms with Crippen molar-refractivity contribution in [1.29, 1.82) is 0 Å². The third kappa shape index (κ3) is 29.4. The number of aliphatic hydroxyl groups excluding tert-OH is 5. The number of hydrogen-bond acceptors (Lipinski definition) is 16. The Balaban J connectivity index is 0.000000233. The summed E-state index contributed by atoms with van der Waals surface area (Å²) in [5.41, 5.74) is 18.7. The van der Waals surface area contributed by atoms with E-state index in [9.17, 15) is 90.5 Å². The molecule has 0 aromatic heterocycles. The smallest absolute Gasteiger partial charge is 0.442 e. The van der Waals surface area contributed by atoms with Crippen LogP contribution in [0, 0.1) is 79.0 Å². The second-order valence-corrected chi connectivity index (χ2v) is 28.5. The van der Waals surface area contributed by atoms with E-state index in [2.05, 4.69) is 44.1 Å². The fourth-order valence-electron chi connectivity index (χ4n) is 12.7. The Morgan fingerprint density at radius 1 is 0.308 bits per heavy atom. The SMILES string of the molecule is C#CCC(C(=O)O)C(O)CCc1ccc(C(=O)c2ccccc2)cc1.C#CCC(C(N)=O)C(O)CCc1ccc(C(=O)c2ccccc2)cc1.C#CC[C@@H](C(N)=O)[C@@H](O)CCc1ccc(C2(C(F)(F)F)N=N2)cc1.C#CC[C@@H](C(N)=O)[C@H](O)CCc1ccc(C2(C(F)(F)F)N=N2)cc1.O=C(O)[C@H](CCc1ccccc1)[C@H](O)CCc1ccccc1. The Kier molecular flexibility index (Phi) is 37.7. The highest BCUT2D eigenvalue weighted by Gasteiger charge is 2.66. The highest BCUT2D eigenvalue weighted by molar-refractivity contribution is 6.09. The van der Waals surface area contributed by atoms with Crippen molar-refractivity contribution in [2.75, 3.05) is 0 Å². The average molecular weight is 1650 g/mol. The summed E-state index contributed by atoms with van der Waals surface area (Å²) in [6, 6.07) is 63.4. The van der Waals surface area contributed by atoms with Crippen molar-refractivity contribution in [2.45, 2.75) is 157 Å². The number of aliphatic hydroxyl groups is 5. The van der Waals surface area contributed by atoms with Crippen molar-refractivity contribution in [3.8, 4) is 49.4 Å². The number of nitrogens with two attached hydrogens (primary N) is 3. The zero-order valence-electron chi connectivity index (χ0n) is 65.5. The summed E-state index contributed by atoms with van der Waals surface area (Å²) in [7, 11) is 0. The minimum Gasteiger partial charge on any atom is -0.481 e. The molecule has 0 radical (unpaired) electrons. The number of hydrogen-bond donors (Lipinski definition) is 10. The molecule has 2 aliphatic heterocycles. The van der Waals surface area contributed by atoms with Crippen LogP contribution in [0.25, 0.3) is 0 Å². The van der Waals surface area contributed by atoms with Crippen LogP contribution >= 0.6 is 0 Å². The second-order valence-electron chi connectivity index (χ2n) is 28.5. The number of rotatable bonds is 38. The van der Waals surface area contributed by atoms with E-state index in [4.69, 9.17) is 48.0 Å². The number of primary amides is 3. The van der Waals surface area contributed by atoms with Gasteiger partial charge in [-0.15, -0.1) is 69.8 Å². The van der Waals surface area contributed by atoms with Crippen molar-refractivity contribution in [3.05, 3.63) is 285 Å². The van der Waals surface area contributed by atoms with Crippen LogP contribution in [-0.4, -0.2) is 120 Å². The molecule has 3 amide bonds. The van der Waals surface area contributed by atoms with Gasteiger partial charge in [0.1, 0.15) is 0 Å². The van der Waals surface area contributed by atoms with Crippen LogP contribution in [0.4, 0.5) is 26.3 Å². The molecule has 0 aliphatic carbocycles. The quantitative estimate of drug-likeness (QED) is 0.00977. The molecule has 10 atom stereocenters. The topological polar surface area (TPSA) is 389 Å². The van der Waals surface area contributed by atoms with Crippen LogP contribution in [0.3, 0.4) is 0 Å². The van der Waals surface area contributed by atoms with E-state index in [-0.39, 0.29) is 61.2 Å². The normalized spacial score (nSPS) is 14.9. The Hall–Kier alpha value is -12.7. The molecule has 2 heterocycles. The van der Waals surface area contributed by atoms with Gasteiger partial charge < -0.3 is 52.9 Å². The maximum Gasteiger partial charge on any atom is 0.442 e. The first-order valence-corrected chi connectivity index (χ1v) is 38.3. The van der Waals surface area contributed by atoms with Gasteiger partial charge in [-0.2, -0.15) is 26.3 Å². The number of amides is 3. The zero-order valence-corrected chi connectivity index (χ0v) is 65.5. The van der Waals surface area contributed by atoms with E-state index >= 15 is 0 Å². The number of aryl methyl sites for hydroxylation is 6. The molecule has 8 aromatic rings. The van der Waals surface area contributed by atoms with Gasteiger partial charge in [0.15, 0.2) is 11.6 Å². The maximum absolute atomic E-state index is 12.9. The Morgan fingerprint density at radius 2 is 0.517 bits per heavy atom. The molecule has 2 aliphatic rings. The number of carbonyl (C=O) groups excluding carboxylic acids is 5.